The minimum atomic E-state index is -0.120. The van der Waals surface area contributed by atoms with Crippen molar-refractivity contribution in [2.45, 2.75) is 25.3 Å². The van der Waals surface area contributed by atoms with E-state index >= 15 is 0 Å². The monoisotopic (exact) mass is 362 g/mol. The van der Waals surface area contributed by atoms with Crippen molar-refractivity contribution in [1.82, 2.24) is 19.4 Å². The molecule has 0 bridgehead atoms. The Balaban J connectivity index is 1.52. The van der Waals surface area contributed by atoms with Crippen LogP contribution in [0.4, 0.5) is 0 Å². The predicted octanol–water partition coefficient (Wildman–Crippen LogP) is 3.05. The van der Waals surface area contributed by atoms with E-state index in [1.165, 1.54) is 5.56 Å². The number of piperidine rings is 1. The van der Waals surface area contributed by atoms with Crippen LogP contribution in [-0.2, 0) is 6.54 Å². The molecule has 1 aliphatic heterocycles. The number of imidazole rings is 1. The smallest absolute Gasteiger partial charge is 0.257 e. The lowest BCUT2D eigenvalue weighted by molar-refractivity contribution is 0.0700. The number of phenols is 1. The third kappa shape index (κ3) is 3.69. The van der Waals surface area contributed by atoms with Crippen molar-refractivity contribution >= 4 is 5.91 Å². The number of rotatable bonds is 4. The zero-order chi connectivity index (χ0) is 18.6. The molecule has 2 aromatic heterocycles. The van der Waals surface area contributed by atoms with E-state index in [2.05, 4.69) is 14.5 Å². The normalized spacial score (nSPS) is 17.0. The maximum Gasteiger partial charge on any atom is 0.257 e. The van der Waals surface area contributed by atoms with Crippen LogP contribution in [0.25, 0.3) is 0 Å². The zero-order valence-corrected chi connectivity index (χ0v) is 15.0. The standard InChI is InChI=1S/C21H22N4O2/c26-19-6-2-1-5-18(19)21(27)25-12-3-4-17(15-25)20-23-11-13-24(20)14-16-7-9-22-10-8-16/h1-2,5-11,13,17,26H,3-4,12,14-15H2/t17-/m1/s1. The summed E-state index contributed by atoms with van der Waals surface area (Å²) in [6.45, 7) is 2.05. The molecule has 27 heavy (non-hydrogen) atoms. The molecule has 1 amide bonds. The average molecular weight is 362 g/mol. The van der Waals surface area contributed by atoms with E-state index < -0.39 is 0 Å². The maximum absolute atomic E-state index is 12.8. The van der Waals surface area contributed by atoms with Crippen LogP contribution >= 0.6 is 0 Å². The van der Waals surface area contributed by atoms with E-state index in [1.54, 1.807) is 36.7 Å². The van der Waals surface area contributed by atoms with Crippen LogP contribution in [0.3, 0.4) is 0 Å². The van der Waals surface area contributed by atoms with E-state index in [0.717, 1.165) is 25.2 Å². The number of nitrogens with zero attached hydrogens (tertiary/aromatic N) is 4. The minimum Gasteiger partial charge on any atom is -0.507 e. The topological polar surface area (TPSA) is 71.2 Å². The second kappa shape index (κ2) is 7.61. The summed E-state index contributed by atoms with van der Waals surface area (Å²) in [6, 6.07) is 10.7. The fraction of sp³-hybridized carbons (Fsp3) is 0.286. The quantitative estimate of drug-likeness (QED) is 0.774. The van der Waals surface area contributed by atoms with Crippen molar-refractivity contribution in [3.05, 3.63) is 78.1 Å². The third-order valence-corrected chi connectivity index (χ3v) is 5.06. The molecule has 1 aromatic carbocycles. The molecule has 0 spiro atoms. The highest BCUT2D eigenvalue weighted by Crippen LogP contribution is 2.28. The molecule has 4 rings (SSSR count). The van der Waals surface area contributed by atoms with Gasteiger partial charge in [-0.05, 0) is 42.7 Å². The first kappa shape index (κ1) is 17.3. The van der Waals surface area contributed by atoms with Crippen molar-refractivity contribution in [3.63, 3.8) is 0 Å². The molecule has 1 fully saturated rings. The summed E-state index contributed by atoms with van der Waals surface area (Å²) in [4.78, 5) is 23.3. The van der Waals surface area contributed by atoms with Gasteiger partial charge in [-0.15, -0.1) is 0 Å². The van der Waals surface area contributed by atoms with Crippen LogP contribution in [0.1, 0.15) is 40.5 Å². The number of likely N-dealkylation sites (tertiary alicyclic amines) is 1. The number of aromatic nitrogens is 3. The second-order valence-corrected chi connectivity index (χ2v) is 6.88. The van der Waals surface area contributed by atoms with E-state index in [-0.39, 0.29) is 17.6 Å². The van der Waals surface area contributed by atoms with Gasteiger partial charge in [0.25, 0.3) is 5.91 Å². The molecule has 1 saturated heterocycles. The summed E-state index contributed by atoms with van der Waals surface area (Å²) < 4.78 is 2.15. The molecule has 6 heteroatoms. The van der Waals surface area contributed by atoms with Crippen molar-refractivity contribution in [2.24, 2.45) is 0 Å². The molecule has 0 unspecified atom stereocenters. The van der Waals surface area contributed by atoms with Gasteiger partial charge >= 0.3 is 0 Å². The van der Waals surface area contributed by atoms with Gasteiger partial charge in [-0.3, -0.25) is 9.78 Å². The first-order valence-electron chi connectivity index (χ1n) is 9.19. The Hall–Kier alpha value is -3.15. The maximum atomic E-state index is 12.8. The van der Waals surface area contributed by atoms with Gasteiger partial charge in [-0.25, -0.2) is 4.98 Å². The number of hydrogen-bond donors (Lipinski definition) is 1. The number of hydrogen-bond acceptors (Lipinski definition) is 4. The van der Waals surface area contributed by atoms with Crippen molar-refractivity contribution in [2.75, 3.05) is 13.1 Å². The average Bonchev–Trinajstić information content (AvgIpc) is 3.17. The lowest BCUT2D eigenvalue weighted by Gasteiger charge is -2.33. The van der Waals surface area contributed by atoms with Gasteiger partial charge in [-0.1, -0.05) is 12.1 Å². The molecular formula is C21H22N4O2. The highest BCUT2D eigenvalue weighted by Gasteiger charge is 2.28. The number of phenolic OH excluding ortho intramolecular Hbond substituents is 1. The fourth-order valence-corrected chi connectivity index (χ4v) is 3.70. The first-order chi connectivity index (χ1) is 13.2. The Kier molecular flexibility index (Phi) is 4.87. The number of amides is 1. The van der Waals surface area contributed by atoms with Crippen LogP contribution in [0, 0.1) is 0 Å². The fourth-order valence-electron chi connectivity index (χ4n) is 3.70. The third-order valence-electron chi connectivity index (χ3n) is 5.06. The Morgan fingerprint density at radius 2 is 1.96 bits per heavy atom. The van der Waals surface area contributed by atoms with Gasteiger partial charge in [0.05, 0.1) is 5.56 Å². The highest BCUT2D eigenvalue weighted by molar-refractivity contribution is 5.96. The largest absolute Gasteiger partial charge is 0.507 e. The van der Waals surface area contributed by atoms with Crippen LogP contribution in [-0.4, -0.2) is 43.5 Å². The Morgan fingerprint density at radius 1 is 1.15 bits per heavy atom. The predicted molar refractivity (Wildman–Crippen MR) is 102 cm³/mol. The summed E-state index contributed by atoms with van der Waals surface area (Å²) in [5.41, 5.74) is 1.53. The van der Waals surface area contributed by atoms with Gasteiger partial charge in [-0.2, -0.15) is 0 Å². The second-order valence-electron chi connectivity index (χ2n) is 6.88. The van der Waals surface area contributed by atoms with Gasteiger partial charge in [0.1, 0.15) is 11.6 Å². The van der Waals surface area contributed by atoms with E-state index in [1.807, 2.05) is 29.4 Å². The summed E-state index contributed by atoms with van der Waals surface area (Å²) in [7, 11) is 0. The number of aromatic hydroxyl groups is 1. The molecule has 0 radical (unpaired) electrons. The summed E-state index contributed by atoms with van der Waals surface area (Å²) in [5, 5.41) is 10.0. The highest BCUT2D eigenvalue weighted by atomic mass is 16.3. The molecule has 138 valence electrons. The van der Waals surface area contributed by atoms with Crippen molar-refractivity contribution in [1.29, 1.82) is 0 Å². The molecule has 1 atom stereocenters. The zero-order valence-electron chi connectivity index (χ0n) is 15.0. The van der Waals surface area contributed by atoms with Crippen molar-refractivity contribution in [3.8, 4) is 5.75 Å². The number of pyridine rings is 1. The number of benzene rings is 1. The molecule has 1 N–H and O–H groups in total. The molecule has 3 heterocycles. The van der Waals surface area contributed by atoms with Gasteiger partial charge < -0.3 is 14.6 Å². The summed E-state index contributed by atoms with van der Waals surface area (Å²) in [5.74, 6) is 1.10. The molecule has 6 nitrogen and oxygen atoms in total. The summed E-state index contributed by atoms with van der Waals surface area (Å²) >= 11 is 0. The van der Waals surface area contributed by atoms with Gasteiger partial charge in [0.15, 0.2) is 0 Å². The molecule has 3 aromatic rings. The molecule has 1 aliphatic rings. The SMILES string of the molecule is O=C(c1ccccc1O)N1CCC[C@@H](c2nccn2Cc2ccncc2)C1. The Morgan fingerprint density at radius 3 is 2.78 bits per heavy atom. The molecular weight excluding hydrogens is 340 g/mol. The van der Waals surface area contributed by atoms with Crippen LogP contribution in [0.5, 0.6) is 5.75 Å². The van der Waals surface area contributed by atoms with Crippen LogP contribution in [0.2, 0.25) is 0 Å². The number of carbonyl (C=O) groups excluding carboxylic acids is 1. The molecule has 0 aliphatic carbocycles. The van der Waals surface area contributed by atoms with Crippen LogP contribution in [0.15, 0.2) is 61.2 Å². The van der Waals surface area contributed by atoms with E-state index in [4.69, 9.17) is 0 Å². The lowest BCUT2D eigenvalue weighted by atomic mass is 9.96. The lowest BCUT2D eigenvalue weighted by Crippen LogP contribution is -2.39. The van der Waals surface area contributed by atoms with Gasteiger partial charge in [0.2, 0.25) is 0 Å². The summed E-state index contributed by atoms with van der Waals surface area (Å²) in [6.07, 6.45) is 9.31. The van der Waals surface area contributed by atoms with E-state index in [0.29, 0.717) is 18.7 Å². The minimum absolute atomic E-state index is 0.0313. The van der Waals surface area contributed by atoms with Crippen LogP contribution < -0.4 is 0 Å². The number of carbonyl (C=O) groups is 1. The van der Waals surface area contributed by atoms with E-state index in [9.17, 15) is 9.90 Å². The number of para-hydroxylation sites is 1. The molecule has 0 saturated carbocycles. The first-order valence-corrected chi connectivity index (χ1v) is 9.19. The Labute approximate surface area is 158 Å². The van der Waals surface area contributed by atoms with Gasteiger partial charge in [0, 0.05) is 50.3 Å². The Bertz CT molecular complexity index is 923. The van der Waals surface area contributed by atoms with Crippen molar-refractivity contribution < 1.29 is 9.90 Å².